The highest BCUT2D eigenvalue weighted by Crippen LogP contribution is 2.42. The van der Waals surface area contributed by atoms with Crippen LogP contribution in [0.25, 0.3) is 5.57 Å². The highest BCUT2D eigenvalue weighted by molar-refractivity contribution is 5.67. The summed E-state index contributed by atoms with van der Waals surface area (Å²) < 4.78 is 34.1. The monoisotopic (exact) mass is 492 g/mol. The Morgan fingerprint density at radius 3 is 2.19 bits per heavy atom. The second kappa shape index (κ2) is 13.2. The van der Waals surface area contributed by atoms with Crippen molar-refractivity contribution in [3.05, 3.63) is 83.0 Å². The lowest BCUT2D eigenvalue weighted by atomic mass is 9.71. The van der Waals surface area contributed by atoms with Crippen LogP contribution in [0.4, 0.5) is 8.78 Å². The van der Waals surface area contributed by atoms with Crippen LogP contribution < -0.4 is 4.74 Å². The second-order valence-electron chi connectivity index (χ2n) is 10.6. The van der Waals surface area contributed by atoms with E-state index in [1.54, 1.807) is 19.1 Å². The minimum atomic E-state index is -0.867. The summed E-state index contributed by atoms with van der Waals surface area (Å²) in [5, 5.41) is 0. The minimum Gasteiger partial charge on any atom is -0.491 e. The van der Waals surface area contributed by atoms with Crippen molar-refractivity contribution in [1.82, 2.24) is 0 Å². The Balaban J connectivity index is 1.21. The van der Waals surface area contributed by atoms with Crippen LogP contribution in [-0.2, 0) is 12.8 Å². The fraction of sp³-hybridized carbons (Fsp3) is 0.515. The molecule has 36 heavy (non-hydrogen) atoms. The average Bonchev–Trinajstić information content (AvgIpc) is 2.91. The molecule has 1 atom stereocenters. The van der Waals surface area contributed by atoms with Gasteiger partial charge < -0.3 is 4.74 Å². The Labute approximate surface area is 216 Å². The summed E-state index contributed by atoms with van der Waals surface area (Å²) in [5.74, 6) is 0.504. The van der Waals surface area contributed by atoms with Gasteiger partial charge >= 0.3 is 0 Å². The topological polar surface area (TPSA) is 9.23 Å². The van der Waals surface area contributed by atoms with Crippen LogP contribution in [0.15, 0.2) is 54.6 Å². The summed E-state index contributed by atoms with van der Waals surface area (Å²) in [6.45, 7) is 4.32. The first-order chi connectivity index (χ1) is 17.6. The van der Waals surface area contributed by atoms with Gasteiger partial charge in [0, 0.05) is 5.56 Å². The van der Waals surface area contributed by atoms with Crippen LogP contribution in [0.5, 0.6) is 5.75 Å². The van der Waals surface area contributed by atoms with E-state index in [-0.39, 0.29) is 5.75 Å². The van der Waals surface area contributed by atoms with Crippen molar-refractivity contribution in [3.63, 3.8) is 0 Å². The zero-order valence-electron chi connectivity index (χ0n) is 22.1. The summed E-state index contributed by atoms with van der Waals surface area (Å²) >= 11 is 0. The smallest absolute Gasteiger partial charge is 0.201 e. The lowest BCUT2D eigenvalue weighted by molar-refractivity contribution is 0.212. The summed E-state index contributed by atoms with van der Waals surface area (Å²) in [4.78, 5) is 0. The molecule has 0 aliphatic heterocycles. The van der Waals surface area contributed by atoms with E-state index in [0.717, 1.165) is 43.6 Å². The molecule has 1 saturated carbocycles. The van der Waals surface area contributed by atoms with Crippen molar-refractivity contribution in [2.75, 3.05) is 6.61 Å². The van der Waals surface area contributed by atoms with Gasteiger partial charge in [0.1, 0.15) is 0 Å². The Bertz CT molecular complexity index is 1030. The van der Waals surface area contributed by atoms with Crippen molar-refractivity contribution < 1.29 is 13.5 Å². The average molecular weight is 493 g/mol. The van der Waals surface area contributed by atoms with Gasteiger partial charge in [0.15, 0.2) is 11.6 Å². The van der Waals surface area contributed by atoms with E-state index in [1.165, 1.54) is 49.7 Å². The van der Waals surface area contributed by atoms with E-state index >= 15 is 0 Å². The van der Waals surface area contributed by atoms with E-state index in [0.29, 0.717) is 24.0 Å². The molecule has 0 heterocycles. The molecule has 0 spiro atoms. The molecule has 0 bridgehead atoms. The van der Waals surface area contributed by atoms with Crippen molar-refractivity contribution >= 4 is 5.57 Å². The molecule has 1 unspecified atom stereocenters. The molecule has 0 saturated heterocycles. The van der Waals surface area contributed by atoms with Gasteiger partial charge in [-0.25, -0.2) is 4.39 Å². The predicted octanol–water partition coefficient (Wildman–Crippen LogP) is 9.49. The molecule has 2 aliphatic carbocycles. The lowest BCUT2D eigenvalue weighted by Gasteiger charge is -2.35. The third kappa shape index (κ3) is 6.87. The molecular formula is C33H42F2O. The molecule has 2 aromatic rings. The molecule has 0 aromatic heterocycles. The summed E-state index contributed by atoms with van der Waals surface area (Å²) in [7, 11) is 0. The first-order valence-electron chi connectivity index (χ1n) is 14.1. The van der Waals surface area contributed by atoms with E-state index < -0.39 is 11.6 Å². The Kier molecular flexibility index (Phi) is 9.78. The molecule has 0 radical (unpaired) electrons. The number of ether oxygens (including phenoxy) is 1. The Morgan fingerprint density at radius 2 is 1.56 bits per heavy atom. The molecule has 0 amide bonds. The number of halogens is 2. The van der Waals surface area contributed by atoms with Gasteiger partial charge in [0.05, 0.1) is 6.61 Å². The fourth-order valence-corrected chi connectivity index (χ4v) is 6.08. The van der Waals surface area contributed by atoms with E-state index in [9.17, 15) is 8.78 Å². The Morgan fingerprint density at radius 1 is 0.833 bits per heavy atom. The predicted molar refractivity (Wildman–Crippen MR) is 146 cm³/mol. The van der Waals surface area contributed by atoms with Gasteiger partial charge in [0.25, 0.3) is 0 Å². The standard InChI is InChI=1S/C33H42F2O/c1-3-7-24-10-12-25(13-11-24)8-5-6-9-26-14-16-27(17-15-26)28-18-20-29(21-19-28)30-22-23-31(36-4-2)33(35)32(30)34/h6,9-13,20,22-23,26-28H,3-5,7-8,14-19,21H2,1-2H3/b9-6+. The number of benzene rings is 2. The summed E-state index contributed by atoms with van der Waals surface area (Å²) in [6, 6.07) is 12.4. The number of hydrogen-bond donors (Lipinski definition) is 0. The quantitative estimate of drug-likeness (QED) is 0.300. The van der Waals surface area contributed by atoms with Crippen LogP contribution in [-0.4, -0.2) is 6.61 Å². The molecule has 2 aliphatic rings. The summed E-state index contributed by atoms with van der Waals surface area (Å²) in [5.41, 5.74) is 4.22. The second-order valence-corrected chi connectivity index (χ2v) is 10.6. The highest BCUT2D eigenvalue weighted by atomic mass is 19.2. The maximum atomic E-state index is 14.6. The first-order valence-corrected chi connectivity index (χ1v) is 14.1. The van der Waals surface area contributed by atoms with Crippen LogP contribution in [0.3, 0.4) is 0 Å². The zero-order chi connectivity index (χ0) is 25.3. The molecular weight excluding hydrogens is 450 g/mol. The summed E-state index contributed by atoms with van der Waals surface area (Å²) in [6.07, 6.45) is 19.6. The normalized spacial score (nSPS) is 22.6. The zero-order valence-corrected chi connectivity index (χ0v) is 22.1. The maximum Gasteiger partial charge on any atom is 0.201 e. The highest BCUT2D eigenvalue weighted by Gasteiger charge is 2.29. The van der Waals surface area contributed by atoms with Crippen molar-refractivity contribution in [1.29, 1.82) is 0 Å². The van der Waals surface area contributed by atoms with Gasteiger partial charge in [-0.15, -0.1) is 0 Å². The molecule has 4 rings (SSSR count). The van der Waals surface area contributed by atoms with Crippen molar-refractivity contribution in [2.45, 2.75) is 84.5 Å². The lowest BCUT2D eigenvalue weighted by Crippen LogP contribution is -2.22. The van der Waals surface area contributed by atoms with Crippen LogP contribution >= 0.6 is 0 Å². The number of rotatable bonds is 10. The third-order valence-electron chi connectivity index (χ3n) is 8.20. The number of hydrogen-bond acceptors (Lipinski definition) is 1. The SMILES string of the molecule is CCCc1ccc(CC/C=C/C2CCC(C3CC=C(c4ccc(OCC)c(F)c4F)CC3)CC2)cc1. The van der Waals surface area contributed by atoms with Crippen molar-refractivity contribution in [2.24, 2.45) is 17.8 Å². The molecule has 194 valence electrons. The van der Waals surface area contributed by atoms with Crippen LogP contribution in [0, 0.1) is 29.4 Å². The minimum absolute atomic E-state index is 0.0000827. The molecule has 1 fully saturated rings. The molecule has 0 N–H and O–H groups in total. The first kappa shape index (κ1) is 26.6. The molecule has 3 heteroatoms. The van der Waals surface area contributed by atoms with Gasteiger partial charge in [-0.3, -0.25) is 0 Å². The maximum absolute atomic E-state index is 14.6. The van der Waals surface area contributed by atoms with E-state index in [1.807, 2.05) is 0 Å². The van der Waals surface area contributed by atoms with E-state index in [4.69, 9.17) is 4.74 Å². The van der Waals surface area contributed by atoms with Gasteiger partial charge in [0.2, 0.25) is 5.82 Å². The molecule has 1 nitrogen and oxygen atoms in total. The van der Waals surface area contributed by atoms with Gasteiger partial charge in [-0.05, 0) is 118 Å². The van der Waals surface area contributed by atoms with Gasteiger partial charge in [-0.2, -0.15) is 4.39 Å². The fourth-order valence-electron chi connectivity index (χ4n) is 6.08. The number of allylic oxidation sites excluding steroid dienone is 4. The molecule has 2 aromatic carbocycles. The van der Waals surface area contributed by atoms with Crippen molar-refractivity contribution in [3.8, 4) is 5.75 Å². The largest absolute Gasteiger partial charge is 0.491 e. The van der Waals surface area contributed by atoms with Crippen LogP contribution in [0.2, 0.25) is 0 Å². The van der Waals surface area contributed by atoms with Crippen LogP contribution in [0.1, 0.15) is 88.3 Å². The third-order valence-corrected chi connectivity index (χ3v) is 8.20. The number of aryl methyl sites for hydroxylation is 2. The Hall–Kier alpha value is -2.42. The van der Waals surface area contributed by atoms with Gasteiger partial charge in [-0.1, -0.05) is 55.8 Å². The van der Waals surface area contributed by atoms with E-state index in [2.05, 4.69) is 49.4 Å².